The molecule has 1 heterocycles. The van der Waals surface area contributed by atoms with Crippen LogP contribution in [-0.4, -0.2) is 23.7 Å². The summed E-state index contributed by atoms with van der Waals surface area (Å²) >= 11 is 0. The first-order valence-corrected chi connectivity index (χ1v) is 3.40. The molecule has 1 aliphatic rings. The minimum Gasteiger partial charge on any atom is -0.495 e. The number of hydrogen-bond donors (Lipinski definition) is 1. The van der Waals surface area contributed by atoms with Crippen molar-refractivity contribution in [2.45, 2.75) is 25.4 Å². The van der Waals surface area contributed by atoms with Crippen molar-refractivity contribution in [1.29, 1.82) is 0 Å². The summed E-state index contributed by atoms with van der Waals surface area (Å²) in [7, 11) is 0. The normalized spacial score (nSPS) is 20.9. The van der Waals surface area contributed by atoms with Gasteiger partial charge in [-0.15, -0.1) is 0 Å². The fourth-order valence-corrected chi connectivity index (χ4v) is 0.877. The molecule has 4 heteroatoms. The average molecular weight is 164 g/mol. The standard InChI is InChI=1S/C7H10F2O2/c1-7(8,9)6(10)5-3-2-4-11-5/h3,6,10H,2,4H2,1H3. The van der Waals surface area contributed by atoms with Gasteiger partial charge in [-0.1, -0.05) is 0 Å². The fourth-order valence-electron chi connectivity index (χ4n) is 0.877. The number of aliphatic hydroxyl groups is 1. The molecule has 0 fully saturated rings. The predicted octanol–water partition coefficient (Wildman–Crippen LogP) is 1.31. The monoisotopic (exact) mass is 164 g/mol. The van der Waals surface area contributed by atoms with Crippen molar-refractivity contribution in [1.82, 2.24) is 0 Å². The molecule has 0 spiro atoms. The lowest BCUT2D eigenvalue weighted by Gasteiger charge is -2.18. The Morgan fingerprint density at radius 1 is 1.73 bits per heavy atom. The van der Waals surface area contributed by atoms with Crippen LogP contribution in [-0.2, 0) is 4.74 Å². The highest BCUT2D eigenvalue weighted by Gasteiger charge is 2.37. The van der Waals surface area contributed by atoms with E-state index in [0.29, 0.717) is 20.0 Å². The van der Waals surface area contributed by atoms with Crippen LogP contribution in [0.15, 0.2) is 11.8 Å². The molecule has 11 heavy (non-hydrogen) atoms. The number of alkyl halides is 2. The minimum absolute atomic E-state index is 0.00231. The van der Waals surface area contributed by atoms with Gasteiger partial charge in [-0.2, -0.15) is 0 Å². The molecular weight excluding hydrogens is 154 g/mol. The lowest BCUT2D eigenvalue weighted by atomic mass is 10.2. The summed E-state index contributed by atoms with van der Waals surface area (Å²) in [5.74, 6) is -3.12. The highest BCUT2D eigenvalue weighted by molar-refractivity contribution is 5.07. The van der Waals surface area contributed by atoms with Gasteiger partial charge in [-0.05, 0) is 6.08 Å². The SMILES string of the molecule is CC(F)(F)C(O)C1=CCCO1. The molecule has 1 N–H and O–H groups in total. The van der Waals surface area contributed by atoms with Crippen LogP contribution in [0.2, 0.25) is 0 Å². The molecule has 1 unspecified atom stereocenters. The van der Waals surface area contributed by atoms with Crippen LogP contribution in [0.3, 0.4) is 0 Å². The largest absolute Gasteiger partial charge is 0.495 e. The van der Waals surface area contributed by atoms with Crippen molar-refractivity contribution in [3.63, 3.8) is 0 Å². The van der Waals surface area contributed by atoms with Crippen LogP contribution in [0.5, 0.6) is 0 Å². The molecule has 0 saturated carbocycles. The quantitative estimate of drug-likeness (QED) is 0.666. The van der Waals surface area contributed by atoms with E-state index in [1.54, 1.807) is 0 Å². The second-order valence-electron chi connectivity index (χ2n) is 2.60. The molecule has 64 valence electrons. The van der Waals surface area contributed by atoms with Gasteiger partial charge in [-0.3, -0.25) is 0 Å². The van der Waals surface area contributed by atoms with Crippen molar-refractivity contribution in [3.8, 4) is 0 Å². The molecule has 0 aromatic carbocycles. The van der Waals surface area contributed by atoms with Crippen molar-refractivity contribution < 1.29 is 18.6 Å². The number of ether oxygens (including phenoxy) is 1. The fraction of sp³-hybridized carbons (Fsp3) is 0.714. The Morgan fingerprint density at radius 2 is 2.36 bits per heavy atom. The lowest BCUT2D eigenvalue weighted by molar-refractivity contribution is -0.0930. The number of halogens is 2. The van der Waals surface area contributed by atoms with Gasteiger partial charge in [-0.25, -0.2) is 8.78 Å². The van der Waals surface area contributed by atoms with Crippen LogP contribution >= 0.6 is 0 Å². The van der Waals surface area contributed by atoms with Crippen molar-refractivity contribution in [3.05, 3.63) is 11.8 Å². The van der Waals surface area contributed by atoms with E-state index in [2.05, 4.69) is 0 Å². The second kappa shape index (κ2) is 2.77. The Hall–Kier alpha value is -0.640. The van der Waals surface area contributed by atoms with E-state index >= 15 is 0 Å². The smallest absolute Gasteiger partial charge is 0.277 e. The maximum atomic E-state index is 12.4. The topological polar surface area (TPSA) is 29.5 Å². The molecule has 0 bridgehead atoms. The second-order valence-corrected chi connectivity index (χ2v) is 2.60. The summed E-state index contributed by atoms with van der Waals surface area (Å²) < 4.78 is 29.6. The lowest BCUT2D eigenvalue weighted by Crippen LogP contribution is -2.31. The Morgan fingerprint density at radius 3 is 2.73 bits per heavy atom. The van der Waals surface area contributed by atoms with Crippen LogP contribution in [0.25, 0.3) is 0 Å². The summed E-state index contributed by atoms with van der Waals surface area (Å²) in [6.45, 7) is 1.06. The number of aliphatic hydroxyl groups excluding tert-OH is 1. The summed E-state index contributed by atoms with van der Waals surface area (Å²) in [6, 6.07) is 0. The van der Waals surface area contributed by atoms with Gasteiger partial charge in [0.25, 0.3) is 5.92 Å². The van der Waals surface area contributed by atoms with Gasteiger partial charge in [0.15, 0.2) is 6.10 Å². The molecule has 0 radical (unpaired) electrons. The molecule has 0 aliphatic carbocycles. The highest BCUT2D eigenvalue weighted by atomic mass is 19.3. The zero-order chi connectivity index (χ0) is 8.48. The maximum Gasteiger partial charge on any atom is 0.277 e. The third-order valence-electron chi connectivity index (χ3n) is 1.48. The molecule has 1 atom stereocenters. The van der Waals surface area contributed by atoms with Crippen LogP contribution in [0, 0.1) is 0 Å². The van der Waals surface area contributed by atoms with Gasteiger partial charge in [0.05, 0.1) is 6.61 Å². The molecule has 2 nitrogen and oxygen atoms in total. The van der Waals surface area contributed by atoms with Crippen LogP contribution < -0.4 is 0 Å². The third-order valence-corrected chi connectivity index (χ3v) is 1.48. The molecular formula is C7H10F2O2. The van der Waals surface area contributed by atoms with E-state index in [1.165, 1.54) is 6.08 Å². The van der Waals surface area contributed by atoms with E-state index in [4.69, 9.17) is 9.84 Å². The number of hydrogen-bond acceptors (Lipinski definition) is 2. The van der Waals surface area contributed by atoms with E-state index in [-0.39, 0.29) is 5.76 Å². The van der Waals surface area contributed by atoms with Gasteiger partial charge in [0.1, 0.15) is 5.76 Å². The zero-order valence-electron chi connectivity index (χ0n) is 6.18. The molecule has 1 aliphatic heterocycles. The molecule has 0 aromatic rings. The Kier molecular flexibility index (Phi) is 2.13. The Labute approximate surface area is 63.5 Å². The van der Waals surface area contributed by atoms with E-state index in [9.17, 15) is 8.78 Å². The Bertz CT molecular complexity index is 172. The van der Waals surface area contributed by atoms with Crippen molar-refractivity contribution in [2.75, 3.05) is 6.61 Å². The first-order chi connectivity index (χ1) is 5.02. The van der Waals surface area contributed by atoms with Gasteiger partial charge >= 0.3 is 0 Å². The van der Waals surface area contributed by atoms with Gasteiger partial charge < -0.3 is 9.84 Å². The third kappa shape index (κ3) is 1.89. The molecule has 0 amide bonds. The summed E-state index contributed by atoms with van der Waals surface area (Å²) in [4.78, 5) is 0. The van der Waals surface area contributed by atoms with E-state index in [0.717, 1.165) is 0 Å². The van der Waals surface area contributed by atoms with Gasteiger partial charge in [0.2, 0.25) is 0 Å². The van der Waals surface area contributed by atoms with Crippen molar-refractivity contribution >= 4 is 0 Å². The van der Waals surface area contributed by atoms with Crippen LogP contribution in [0.4, 0.5) is 8.78 Å². The molecule has 1 rings (SSSR count). The Balaban J connectivity index is 2.60. The predicted molar refractivity (Wildman–Crippen MR) is 35.3 cm³/mol. The van der Waals surface area contributed by atoms with E-state index in [1.807, 2.05) is 0 Å². The maximum absolute atomic E-state index is 12.4. The summed E-state index contributed by atoms with van der Waals surface area (Å²) in [5.41, 5.74) is 0. The summed E-state index contributed by atoms with van der Waals surface area (Å²) in [6.07, 6.45) is 0.301. The minimum atomic E-state index is -3.11. The average Bonchev–Trinajstić information content (AvgIpc) is 2.34. The first kappa shape index (κ1) is 8.46. The first-order valence-electron chi connectivity index (χ1n) is 3.40. The molecule has 0 saturated heterocycles. The van der Waals surface area contributed by atoms with Gasteiger partial charge in [0, 0.05) is 13.3 Å². The van der Waals surface area contributed by atoms with Crippen LogP contribution in [0.1, 0.15) is 13.3 Å². The highest BCUT2D eigenvalue weighted by Crippen LogP contribution is 2.26. The van der Waals surface area contributed by atoms with Crippen molar-refractivity contribution in [2.24, 2.45) is 0 Å². The zero-order valence-corrected chi connectivity index (χ0v) is 6.18. The number of rotatable bonds is 2. The summed E-state index contributed by atoms with van der Waals surface area (Å²) in [5, 5.41) is 8.94. The molecule has 0 aromatic heterocycles. The van der Waals surface area contributed by atoms with E-state index < -0.39 is 12.0 Å².